The maximum atomic E-state index is 13.1. The van der Waals surface area contributed by atoms with E-state index in [1.165, 1.54) is 0 Å². The topological polar surface area (TPSA) is 77.3 Å². The molecule has 0 aromatic carbocycles. The standard InChI is InChI=1S/C17H18N4O2/c1-15(10-18)8-17-9-16(2,20(3)14(17)23)13(22)21(17)12(15)11-5-4-6-19-7-11/h4-7,12H,8-9H2,1-3H3/t12?,15-,16+,17+/m1/s1. The fraction of sp³-hybridized carbons (Fsp3) is 0.529. The smallest absolute Gasteiger partial charge is 0.249 e. The van der Waals surface area contributed by atoms with E-state index >= 15 is 0 Å². The summed E-state index contributed by atoms with van der Waals surface area (Å²) in [5.41, 5.74) is -1.67. The van der Waals surface area contributed by atoms with Gasteiger partial charge >= 0.3 is 0 Å². The van der Waals surface area contributed by atoms with Crippen molar-refractivity contribution in [2.45, 2.75) is 43.8 Å². The number of aromatic nitrogens is 1. The van der Waals surface area contributed by atoms with Gasteiger partial charge in [-0.05, 0) is 25.5 Å². The summed E-state index contributed by atoms with van der Waals surface area (Å²) >= 11 is 0. The third kappa shape index (κ3) is 1.37. The van der Waals surface area contributed by atoms with Crippen molar-refractivity contribution >= 4 is 11.8 Å². The summed E-state index contributed by atoms with van der Waals surface area (Å²) in [5.74, 6) is -0.111. The van der Waals surface area contributed by atoms with Crippen LogP contribution in [0.3, 0.4) is 0 Å². The van der Waals surface area contributed by atoms with Gasteiger partial charge in [-0.25, -0.2) is 0 Å². The first-order chi connectivity index (χ1) is 10.8. The Balaban J connectivity index is 1.94. The highest BCUT2D eigenvalue weighted by atomic mass is 16.2. The van der Waals surface area contributed by atoms with Crippen molar-refractivity contribution in [2.75, 3.05) is 7.05 Å². The van der Waals surface area contributed by atoms with Gasteiger partial charge in [0.15, 0.2) is 0 Å². The third-order valence-corrected chi connectivity index (χ3v) is 6.00. The molecule has 1 aromatic heterocycles. The predicted molar refractivity (Wildman–Crippen MR) is 80.7 cm³/mol. The molecule has 0 N–H and O–H groups in total. The van der Waals surface area contributed by atoms with Gasteiger partial charge in [0.2, 0.25) is 11.8 Å². The number of piperazine rings is 1. The number of likely N-dealkylation sites (tertiary alicyclic amines) is 1. The molecule has 0 aliphatic carbocycles. The summed E-state index contributed by atoms with van der Waals surface area (Å²) in [6.45, 7) is 3.66. The Kier molecular flexibility index (Phi) is 2.41. The highest BCUT2D eigenvalue weighted by Crippen LogP contribution is 2.64. The molecule has 0 saturated carbocycles. The van der Waals surface area contributed by atoms with E-state index in [-0.39, 0.29) is 11.8 Å². The number of rotatable bonds is 1. The zero-order chi connectivity index (χ0) is 16.6. The number of hydrogen-bond donors (Lipinski definition) is 0. The number of likely N-dealkylation sites (N-methyl/N-ethyl adjacent to an activating group) is 1. The molecule has 6 nitrogen and oxygen atoms in total. The van der Waals surface area contributed by atoms with Gasteiger partial charge in [-0.1, -0.05) is 6.07 Å². The van der Waals surface area contributed by atoms with Crippen molar-refractivity contribution in [1.82, 2.24) is 14.8 Å². The minimum Gasteiger partial charge on any atom is -0.329 e. The molecule has 1 unspecified atom stereocenters. The Morgan fingerprint density at radius 1 is 1.30 bits per heavy atom. The van der Waals surface area contributed by atoms with Crippen LogP contribution in [0.15, 0.2) is 24.5 Å². The lowest BCUT2D eigenvalue weighted by Gasteiger charge is -2.41. The quantitative estimate of drug-likeness (QED) is 0.782. The SMILES string of the molecule is CN1C(=O)[C@@]23C[C@](C)(C#N)C(c4cccnc4)N2C(=O)[C@]1(C)C3. The summed E-state index contributed by atoms with van der Waals surface area (Å²) in [6.07, 6.45) is 4.19. The summed E-state index contributed by atoms with van der Waals surface area (Å²) in [5, 5.41) is 9.81. The molecule has 1 aromatic rings. The Morgan fingerprint density at radius 2 is 2.04 bits per heavy atom. The molecule has 3 aliphatic heterocycles. The number of carbonyl (C=O) groups is 2. The summed E-state index contributed by atoms with van der Waals surface area (Å²) in [4.78, 5) is 33.4. The van der Waals surface area contributed by atoms with Crippen LogP contribution in [0.4, 0.5) is 0 Å². The van der Waals surface area contributed by atoms with Crippen molar-refractivity contribution in [3.8, 4) is 6.07 Å². The minimum absolute atomic E-state index is 0.0486. The molecule has 3 fully saturated rings. The number of carbonyl (C=O) groups excluding carboxylic acids is 2. The summed E-state index contributed by atoms with van der Waals surface area (Å²) in [7, 11) is 1.69. The van der Waals surface area contributed by atoms with Crippen LogP contribution in [0.25, 0.3) is 0 Å². The highest BCUT2D eigenvalue weighted by molar-refractivity contribution is 6.07. The monoisotopic (exact) mass is 310 g/mol. The van der Waals surface area contributed by atoms with E-state index in [4.69, 9.17) is 0 Å². The zero-order valence-electron chi connectivity index (χ0n) is 13.4. The average molecular weight is 310 g/mol. The normalized spacial score (nSPS) is 41.4. The maximum Gasteiger partial charge on any atom is 0.249 e. The van der Waals surface area contributed by atoms with Gasteiger partial charge in [-0.3, -0.25) is 14.6 Å². The van der Waals surface area contributed by atoms with Crippen molar-refractivity contribution in [2.24, 2.45) is 5.41 Å². The molecule has 118 valence electrons. The fourth-order valence-corrected chi connectivity index (χ4v) is 4.89. The average Bonchev–Trinajstić information content (AvgIpc) is 3.01. The van der Waals surface area contributed by atoms with Crippen LogP contribution < -0.4 is 0 Å². The van der Waals surface area contributed by atoms with E-state index in [1.54, 1.807) is 35.3 Å². The first kappa shape index (κ1) is 14.2. The molecule has 0 radical (unpaired) electrons. The van der Waals surface area contributed by atoms with Gasteiger partial charge in [0.05, 0.1) is 17.5 Å². The van der Waals surface area contributed by atoms with E-state index in [0.717, 1.165) is 5.56 Å². The second-order valence-corrected chi connectivity index (χ2v) is 7.42. The van der Waals surface area contributed by atoms with Crippen LogP contribution in [0.5, 0.6) is 0 Å². The zero-order valence-corrected chi connectivity index (χ0v) is 13.4. The van der Waals surface area contributed by atoms with Gasteiger partial charge in [0.25, 0.3) is 0 Å². The van der Waals surface area contributed by atoms with Gasteiger partial charge < -0.3 is 9.80 Å². The third-order valence-electron chi connectivity index (χ3n) is 6.00. The van der Waals surface area contributed by atoms with Crippen LogP contribution in [0.2, 0.25) is 0 Å². The second-order valence-electron chi connectivity index (χ2n) is 7.42. The minimum atomic E-state index is -0.883. The largest absolute Gasteiger partial charge is 0.329 e. The number of amides is 2. The predicted octanol–water partition coefficient (Wildman–Crippen LogP) is 1.26. The van der Waals surface area contributed by atoms with Crippen LogP contribution in [-0.4, -0.2) is 44.7 Å². The Morgan fingerprint density at radius 3 is 2.65 bits per heavy atom. The molecule has 2 bridgehead atoms. The van der Waals surface area contributed by atoms with Crippen LogP contribution in [-0.2, 0) is 9.59 Å². The molecule has 4 heterocycles. The number of nitriles is 1. The fourth-order valence-electron chi connectivity index (χ4n) is 4.89. The molecule has 4 atom stereocenters. The van der Waals surface area contributed by atoms with Crippen molar-refractivity contribution in [1.29, 1.82) is 5.26 Å². The van der Waals surface area contributed by atoms with Gasteiger partial charge in [-0.2, -0.15) is 5.26 Å². The summed E-state index contributed by atoms with van der Waals surface area (Å²) in [6, 6.07) is 5.61. The van der Waals surface area contributed by atoms with E-state index < -0.39 is 22.5 Å². The van der Waals surface area contributed by atoms with Gasteiger partial charge in [0, 0.05) is 32.3 Å². The Bertz CT molecular complexity index is 773. The summed E-state index contributed by atoms with van der Waals surface area (Å²) < 4.78 is 0. The molecular weight excluding hydrogens is 292 g/mol. The van der Waals surface area contributed by atoms with E-state index in [0.29, 0.717) is 12.8 Å². The molecule has 6 heteroatoms. The van der Waals surface area contributed by atoms with Crippen LogP contribution >= 0.6 is 0 Å². The lowest BCUT2D eigenvalue weighted by atomic mass is 9.76. The van der Waals surface area contributed by atoms with Crippen LogP contribution in [0, 0.1) is 16.7 Å². The highest BCUT2D eigenvalue weighted by Gasteiger charge is 2.77. The Hall–Kier alpha value is -2.42. The molecule has 1 spiro atoms. The number of pyridine rings is 1. The molecule has 4 rings (SSSR count). The second kappa shape index (κ2) is 3.91. The molecular formula is C17H18N4O2. The molecule has 2 amide bonds. The number of nitrogens with zero attached hydrogens (tertiary/aromatic N) is 4. The number of hydrogen-bond acceptors (Lipinski definition) is 4. The van der Waals surface area contributed by atoms with Gasteiger partial charge in [0.1, 0.15) is 11.1 Å². The van der Waals surface area contributed by atoms with Gasteiger partial charge in [-0.15, -0.1) is 0 Å². The van der Waals surface area contributed by atoms with E-state index in [9.17, 15) is 14.9 Å². The van der Waals surface area contributed by atoms with Crippen molar-refractivity contribution in [3.63, 3.8) is 0 Å². The van der Waals surface area contributed by atoms with Crippen LogP contribution in [0.1, 0.15) is 38.3 Å². The van der Waals surface area contributed by atoms with E-state index in [2.05, 4.69) is 11.1 Å². The van der Waals surface area contributed by atoms with Crippen molar-refractivity contribution in [3.05, 3.63) is 30.1 Å². The molecule has 3 aliphatic rings. The lowest BCUT2D eigenvalue weighted by molar-refractivity contribution is -0.159. The lowest BCUT2D eigenvalue weighted by Crippen LogP contribution is -2.60. The Labute approximate surface area is 134 Å². The maximum absolute atomic E-state index is 13.1. The van der Waals surface area contributed by atoms with Crippen molar-refractivity contribution < 1.29 is 9.59 Å². The van der Waals surface area contributed by atoms with E-state index in [1.807, 2.05) is 19.9 Å². The first-order valence-corrected chi connectivity index (χ1v) is 7.73. The molecule has 3 saturated heterocycles. The molecule has 23 heavy (non-hydrogen) atoms. The first-order valence-electron chi connectivity index (χ1n) is 7.73. The number of fused-ring (bicyclic) bond motifs is 1.